The van der Waals surface area contributed by atoms with Crippen molar-refractivity contribution in [1.29, 1.82) is 0 Å². The molecule has 7 fully saturated rings. The highest BCUT2D eigenvalue weighted by atomic mass is 16.8. The van der Waals surface area contributed by atoms with Crippen LogP contribution in [0.2, 0.25) is 0 Å². The molecule has 8 rings (SSSR count). The number of fused-ring (bicyclic) bond motifs is 7. The number of aliphatic hydroxyl groups excluding tert-OH is 12. The molecular weight excluding hydrogens is 893 g/mol. The summed E-state index contributed by atoms with van der Waals surface area (Å²) in [5, 5.41) is 131. The molecule has 0 aromatic rings. The van der Waals surface area contributed by atoms with Crippen LogP contribution in [0.25, 0.3) is 0 Å². The molecule has 68 heavy (non-hydrogen) atoms. The Morgan fingerprint density at radius 2 is 1.21 bits per heavy atom. The molecule has 0 radical (unpaired) electrons. The minimum Gasteiger partial charge on any atom is -0.396 e. The van der Waals surface area contributed by atoms with E-state index in [-0.39, 0.29) is 47.9 Å². The second-order valence-corrected chi connectivity index (χ2v) is 23.8. The van der Waals surface area contributed by atoms with Gasteiger partial charge >= 0.3 is 0 Å². The number of allylic oxidation sites excluding steroid dienone is 1. The molecule has 0 aromatic heterocycles. The van der Waals surface area contributed by atoms with Crippen LogP contribution in [0.3, 0.4) is 0 Å². The number of hydrogen-bond acceptors (Lipinski definition) is 19. The summed E-state index contributed by atoms with van der Waals surface area (Å²) in [4.78, 5) is 0. The summed E-state index contributed by atoms with van der Waals surface area (Å²) in [6, 6.07) is 0. The van der Waals surface area contributed by atoms with Gasteiger partial charge in [-0.2, -0.15) is 0 Å². The van der Waals surface area contributed by atoms with Gasteiger partial charge in [0.1, 0.15) is 67.1 Å². The third-order valence-corrected chi connectivity index (χ3v) is 19.8. The zero-order valence-corrected chi connectivity index (χ0v) is 40.9. The van der Waals surface area contributed by atoms with Crippen LogP contribution in [0.5, 0.6) is 0 Å². The van der Waals surface area contributed by atoms with E-state index in [0.29, 0.717) is 25.7 Å². The summed E-state index contributed by atoms with van der Waals surface area (Å²) in [5.41, 5.74) is -1.53. The zero-order valence-electron chi connectivity index (χ0n) is 40.9. The molecular formula is C49H82O19. The molecule has 0 aromatic carbocycles. The van der Waals surface area contributed by atoms with Gasteiger partial charge in [-0.3, -0.25) is 0 Å². The molecule has 26 unspecified atom stereocenters. The van der Waals surface area contributed by atoms with Crippen molar-refractivity contribution in [3.05, 3.63) is 11.6 Å². The lowest BCUT2D eigenvalue weighted by molar-refractivity contribution is -0.398. The first kappa shape index (κ1) is 53.3. The molecule has 0 spiro atoms. The third kappa shape index (κ3) is 8.12. The van der Waals surface area contributed by atoms with E-state index < -0.39 is 139 Å². The Labute approximate surface area is 399 Å². The van der Waals surface area contributed by atoms with Crippen molar-refractivity contribution in [2.45, 2.75) is 210 Å². The Morgan fingerprint density at radius 1 is 0.618 bits per heavy atom. The molecule has 19 nitrogen and oxygen atoms in total. The monoisotopic (exact) mass is 975 g/mol. The highest BCUT2D eigenvalue weighted by molar-refractivity contribution is 5.37. The third-order valence-electron chi connectivity index (χ3n) is 19.8. The van der Waals surface area contributed by atoms with Gasteiger partial charge in [0, 0.05) is 23.9 Å². The Balaban J connectivity index is 1.13. The van der Waals surface area contributed by atoms with E-state index in [9.17, 15) is 61.3 Å². The highest BCUT2D eigenvalue weighted by Gasteiger charge is 2.72. The van der Waals surface area contributed by atoms with Crippen molar-refractivity contribution < 1.29 is 94.4 Å². The molecule has 0 amide bonds. The molecule has 0 bridgehead atoms. The fraction of sp³-hybridized carbons (Fsp3) is 0.959. The summed E-state index contributed by atoms with van der Waals surface area (Å²) in [5.74, 6) is -0.255. The van der Waals surface area contributed by atoms with Crippen molar-refractivity contribution in [3.8, 4) is 0 Å². The summed E-state index contributed by atoms with van der Waals surface area (Å²) in [6.07, 6.45) is -18.5. The fourth-order valence-corrected chi connectivity index (χ4v) is 15.5. The number of methoxy groups -OCH3 is 1. The van der Waals surface area contributed by atoms with E-state index in [2.05, 4.69) is 40.7 Å². The number of rotatable bonds is 11. The number of hydrogen-bond donors (Lipinski definition) is 12. The normalized spacial score (nSPS) is 55.8. The van der Waals surface area contributed by atoms with Crippen LogP contribution >= 0.6 is 0 Å². The minimum atomic E-state index is -1.90. The fourth-order valence-electron chi connectivity index (χ4n) is 15.5. The number of aliphatic hydroxyl groups is 12. The van der Waals surface area contributed by atoms with Crippen LogP contribution in [0.1, 0.15) is 99.8 Å². The maximum atomic E-state index is 12.2. The predicted octanol–water partition coefficient (Wildman–Crippen LogP) is -0.790. The van der Waals surface area contributed by atoms with Gasteiger partial charge in [0.15, 0.2) is 18.9 Å². The van der Waals surface area contributed by atoms with Gasteiger partial charge in [0.25, 0.3) is 0 Å². The second-order valence-electron chi connectivity index (χ2n) is 23.8. The topological polar surface area (TPSA) is 307 Å². The molecule has 26 atom stereocenters. The van der Waals surface area contributed by atoms with Crippen LogP contribution in [0.15, 0.2) is 11.6 Å². The maximum Gasteiger partial charge on any atom is 0.187 e. The molecule has 12 N–H and O–H groups in total. The molecule has 3 heterocycles. The van der Waals surface area contributed by atoms with Crippen molar-refractivity contribution in [1.82, 2.24) is 0 Å². The van der Waals surface area contributed by atoms with E-state index in [1.54, 1.807) is 7.11 Å². The first-order valence-corrected chi connectivity index (χ1v) is 24.9. The van der Waals surface area contributed by atoms with E-state index in [1.165, 1.54) is 12.5 Å². The molecule has 392 valence electrons. The van der Waals surface area contributed by atoms with Gasteiger partial charge in [-0.1, -0.05) is 53.2 Å². The van der Waals surface area contributed by atoms with E-state index in [1.807, 2.05) is 6.92 Å². The Hall–Kier alpha value is -1.02. The lowest BCUT2D eigenvalue weighted by Crippen LogP contribution is -2.70. The Kier molecular flexibility index (Phi) is 14.9. The lowest BCUT2D eigenvalue weighted by atomic mass is 9.32. The van der Waals surface area contributed by atoms with E-state index in [0.717, 1.165) is 25.7 Å². The molecule has 4 saturated carbocycles. The van der Waals surface area contributed by atoms with Gasteiger partial charge < -0.3 is 94.4 Å². The predicted molar refractivity (Wildman–Crippen MR) is 238 cm³/mol. The van der Waals surface area contributed by atoms with Crippen LogP contribution < -0.4 is 0 Å². The van der Waals surface area contributed by atoms with Gasteiger partial charge in [-0.25, -0.2) is 0 Å². The van der Waals surface area contributed by atoms with Gasteiger partial charge in [-0.05, 0) is 91.8 Å². The summed E-state index contributed by atoms with van der Waals surface area (Å²) < 4.78 is 43.8. The average Bonchev–Trinajstić information content (AvgIpc) is 3.30. The molecule has 8 aliphatic rings. The molecule has 3 aliphatic heterocycles. The number of ether oxygens (including phenoxy) is 7. The van der Waals surface area contributed by atoms with Crippen LogP contribution in [0.4, 0.5) is 0 Å². The molecule has 5 aliphatic carbocycles. The van der Waals surface area contributed by atoms with Crippen molar-refractivity contribution in [2.24, 2.45) is 50.2 Å². The summed E-state index contributed by atoms with van der Waals surface area (Å²) in [7, 11) is 1.74. The lowest BCUT2D eigenvalue weighted by Gasteiger charge is -2.73. The SMILES string of the molecule is COC1C=C2C3CC(C)(C)CCC3(CO)C(O)CC2(C)C2(C)CCC3C(C)(CO)C(OC4OC(C)C(O)C(OC5OC(CO)C(O)C(O)C5O)C4OC4OC(CO)C(O)C(O)C4O)CCC3(C)C12. The van der Waals surface area contributed by atoms with Crippen molar-refractivity contribution >= 4 is 0 Å². The van der Waals surface area contributed by atoms with Crippen molar-refractivity contribution in [2.75, 3.05) is 33.5 Å². The summed E-state index contributed by atoms with van der Waals surface area (Å²) >= 11 is 0. The maximum absolute atomic E-state index is 12.2. The highest BCUT2D eigenvalue weighted by Crippen LogP contribution is 2.76. The van der Waals surface area contributed by atoms with Gasteiger partial charge in [0.05, 0.1) is 50.8 Å². The second kappa shape index (κ2) is 19.0. The largest absolute Gasteiger partial charge is 0.396 e. The summed E-state index contributed by atoms with van der Waals surface area (Å²) in [6.45, 7) is 13.1. The van der Waals surface area contributed by atoms with Crippen LogP contribution in [-0.4, -0.2) is 205 Å². The zero-order chi connectivity index (χ0) is 49.8. The minimum absolute atomic E-state index is 0.0241. The average molecular weight is 975 g/mol. The van der Waals surface area contributed by atoms with E-state index >= 15 is 0 Å². The first-order valence-electron chi connectivity index (χ1n) is 24.9. The molecule has 19 heteroatoms. The van der Waals surface area contributed by atoms with Crippen LogP contribution in [0, 0.1) is 50.2 Å². The van der Waals surface area contributed by atoms with Gasteiger partial charge in [-0.15, -0.1) is 0 Å². The van der Waals surface area contributed by atoms with Crippen LogP contribution in [-0.2, 0) is 33.2 Å². The smallest absolute Gasteiger partial charge is 0.187 e. The van der Waals surface area contributed by atoms with Gasteiger partial charge in [0.2, 0.25) is 0 Å². The van der Waals surface area contributed by atoms with Crippen molar-refractivity contribution in [3.63, 3.8) is 0 Å². The first-order chi connectivity index (χ1) is 31.9. The Bertz CT molecular complexity index is 1800. The molecule has 3 saturated heterocycles. The van der Waals surface area contributed by atoms with E-state index in [4.69, 9.17) is 33.2 Å². The Morgan fingerprint density at radius 3 is 1.75 bits per heavy atom. The quantitative estimate of drug-likeness (QED) is 0.0892. The standard InChI is InChI=1S/C49H82O19/c1-22-31(55)38(67-41-36(60)34(58)32(56)26(18-50)64-41)39(68-42-37(61)35(59)33(57)27(19-51)65-42)43(63-22)66-30-10-11-45(4)28(46(30,5)20-52)9-12-47(6)40(45)25(62-8)15-23-24-16-44(2,3)13-14-49(24,21-53)29(54)17-48(23,47)7/h15,22,24-43,50-61H,9-14,16-21H2,1-8H3.